The van der Waals surface area contributed by atoms with Crippen LogP contribution in [0.3, 0.4) is 0 Å². The first-order valence-corrected chi connectivity index (χ1v) is 5.79. The molecule has 0 spiro atoms. The molecule has 1 rings (SSSR count). The number of carbonyl (C=O) groups is 1. The van der Waals surface area contributed by atoms with Gasteiger partial charge in [-0.3, -0.25) is 4.79 Å². The topological polar surface area (TPSA) is 75.4 Å². The van der Waals surface area contributed by atoms with Gasteiger partial charge >= 0.3 is 0 Å². The average Bonchev–Trinajstić information content (AvgIpc) is 2.62. The van der Waals surface area contributed by atoms with Gasteiger partial charge in [-0.2, -0.15) is 0 Å². The molecule has 0 saturated heterocycles. The molecule has 0 heterocycles. The number of nitrogens with one attached hydrogen (secondary N) is 1. The predicted molar refractivity (Wildman–Crippen MR) is 59.2 cm³/mol. The molecular formula is C11H22N2O2. The molecule has 0 radical (unpaired) electrons. The first-order valence-electron chi connectivity index (χ1n) is 5.79. The molecule has 0 bridgehead atoms. The summed E-state index contributed by atoms with van der Waals surface area (Å²) in [4.78, 5) is 11.5. The number of amides is 1. The van der Waals surface area contributed by atoms with Crippen molar-refractivity contribution in [2.24, 2.45) is 11.7 Å². The molecule has 1 aliphatic rings. The highest BCUT2D eigenvalue weighted by Gasteiger charge is 2.27. The van der Waals surface area contributed by atoms with Crippen molar-refractivity contribution in [3.63, 3.8) is 0 Å². The summed E-state index contributed by atoms with van der Waals surface area (Å²) in [6, 6.07) is 0.253. The highest BCUT2D eigenvalue weighted by Crippen LogP contribution is 2.25. The standard InChI is InChI=1S/C11H22N2O2/c1-8(12)5-6-11(15)13-10-4-2-3-9(10)7-14/h8-10,14H,2-7,12H2,1H3,(H,13,15). The maximum atomic E-state index is 11.5. The van der Waals surface area contributed by atoms with Crippen LogP contribution in [0.4, 0.5) is 0 Å². The molecule has 4 N–H and O–H groups in total. The van der Waals surface area contributed by atoms with Gasteiger partial charge in [-0.15, -0.1) is 0 Å². The van der Waals surface area contributed by atoms with E-state index in [2.05, 4.69) is 5.32 Å². The van der Waals surface area contributed by atoms with Gasteiger partial charge in [0.2, 0.25) is 5.91 Å². The first-order chi connectivity index (χ1) is 7.13. The van der Waals surface area contributed by atoms with Gasteiger partial charge in [0.15, 0.2) is 0 Å². The molecule has 3 unspecified atom stereocenters. The second-order valence-electron chi connectivity index (χ2n) is 4.56. The highest BCUT2D eigenvalue weighted by molar-refractivity contribution is 5.76. The van der Waals surface area contributed by atoms with Gasteiger partial charge in [0.05, 0.1) is 0 Å². The quantitative estimate of drug-likeness (QED) is 0.619. The van der Waals surface area contributed by atoms with Crippen molar-refractivity contribution < 1.29 is 9.90 Å². The van der Waals surface area contributed by atoms with E-state index in [1.54, 1.807) is 0 Å². The van der Waals surface area contributed by atoms with Crippen LogP contribution in [0, 0.1) is 5.92 Å². The molecule has 4 heteroatoms. The fourth-order valence-electron chi connectivity index (χ4n) is 2.08. The van der Waals surface area contributed by atoms with Crippen molar-refractivity contribution in [1.29, 1.82) is 0 Å². The summed E-state index contributed by atoms with van der Waals surface area (Å²) in [5.41, 5.74) is 5.58. The second-order valence-corrected chi connectivity index (χ2v) is 4.56. The van der Waals surface area contributed by atoms with Crippen LogP contribution in [-0.4, -0.2) is 29.7 Å². The number of nitrogens with two attached hydrogens (primary N) is 1. The lowest BCUT2D eigenvalue weighted by Crippen LogP contribution is -2.38. The lowest BCUT2D eigenvalue weighted by Gasteiger charge is -2.19. The van der Waals surface area contributed by atoms with Crippen LogP contribution in [0.25, 0.3) is 0 Å². The Labute approximate surface area is 91.2 Å². The first kappa shape index (κ1) is 12.5. The number of carbonyl (C=O) groups excluding carboxylic acids is 1. The van der Waals surface area contributed by atoms with E-state index in [0.717, 1.165) is 25.7 Å². The minimum atomic E-state index is 0.0673. The molecule has 1 fully saturated rings. The average molecular weight is 214 g/mol. The van der Waals surface area contributed by atoms with Crippen LogP contribution in [0.5, 0.6) is 0 Å². The number of rotatable bonds is 5. The molecule has 0 aromatic rings. The Hall–Kier alpha value is -0.610. The lowest BCUT2D eigenvalue weighted by atomic mass is 10.0. The van der Waals surface area contributed by atoms with E-state index in [1.807, 2.05) is 6.92 Å². The minimum Gasteiger partial charge on any atom is -0.396 e. The number of hydrogen-bond acceptors (Lipinski definition) is 3. The van der Waals surface area contributed by atoms with Crippen LogP contribution in [0.1, 0.15) is 39.0 Å². The van der Waals surface area contributed by atoms with E-state index >= 15 is 0 Å². The van der Waals surface area contributed by atoms with Crippen molar-refractivity contribution >= 4 is 5.91 Å². The Morgan fingerprint density at radius 3 is 2.93 bits per heavy atom. The molecule has 15 heavy (non-hydrogen) atoms. The third kappa shape index (κ3) is 4.18. The van der Waals surface area contributed by atoms with Gasteiger partial charge in [0.1, 0.15) is 0 Å². The number of hydrogen-bond donors (Lipinski definition) is 3. The van der Waals surface area contributed by atoms with Gasteiger partial charge in [0.25, 0.3) is 0 Å². The zero-order valence-corrected chi connectivity index (χ0v) is 9.41. The molecule has 0 aromatic heterocycles. The molecule has 0 aliphatic heterocycles. The molecular weight excluding hydrogens is 192 g/mol. The van der Waals surface area contributed by atoms with E-state index in [4.69, 9.17) is 10.8 Å². The van der Waals surface area contributed by atoms with Crippen LogP contribution in [-0.2, 0) is 4.79 Å². The molecule has 88 valence electrons. The minimum absolute atomic E-state index is 0.0673. The Bertz CT molecular complexity index is 207. The molecule has 1 amide bonds. The third-order valence-corrected chi connectivity index (χ3v) is 3.07. The van der Waals surface area contributed by atoms with Crippen molar-refractivity contribution in [1.82, 2.24) is 5.32 Å². The molecule has 1 saturated carbocycles. The van der Waals surface area contributed by atoms with Crippen molar-refractivity contribution in [3.05, 3.63) is 0 Å². The van der Waals surface area contributed by atoms with Gasteiger partial charge < -0.3 is 16.2 Å². The monoisotopic (exact) mass is 214 g/mol. The smallest absolute Gasteiger partial charge is 0.220 e. The summed E-state index contributed by atoms with van der Waals surface area (Å²) in [5.74, 6) is 0.321. The Morgan fingerprint density at radius 2 is 2.33 bits per heavy atom. The van der Waals surface area contributed by atoms with Gasteiger partial charge in [-0.25, -0.2) is 0 Å². The highest BCUT2D eigenvalue weighted by atomic mass is 16.3. The molecule has 4 nitrogen and oxygen atoms in total. The van der Waals surface area contributed by atoms with Crippen LogP contribution < -0.4 is 11.1 Å². The summed E-state index contributed by atoms with van der Waals surface area (Å²) in [5, 5.41) is 12.1. The fourth-order valence-corrected chi connectivity index (χ4v) is 2.08. The SMILES string of the molecule is CC(N)CCC(=O)NC1CCCC1CO. The largest absolute Gasteiger partial charge is 0.396 e. The normalized spacial score (nSPS) is 27.7. The summed E-state index contributed by atoms with van der Waals surface area (Å²) in [7, 11) is 0. The summed E-state index contributed by atoms with van der Waals surface area (Å²) in [6.07, 6.45) is 4.34. The summed E-state index contributed by atoms with van der Waals surface area (Å²) in [6.45, 7) is 2.08. The maximum absolute atomic E-state index is 11.5. The van der Waals surface area contributed by atoms with Crippen LogP contribution in [0.15, 0.2) is 0 Å². The van der Waals surface area contributed by atoms with E-state index < -0.39 is 0 Å². The van der Waals surface area contributed by atoms with Crippen molar-refractivity contribution in [2.75, 3.05) is 6.61 Å². The Kier molecular flexibility index (Phi) is 5.05. The predicted octanol–water partition coefficient (Wildman–Crippen LogP) is 0.391. The zero-order valence-electron chi connectivity index (χ0n) is 9.41. The van der Waals surface area contributed by atoms with E-state index in [9.17, 15) is 4.79 Å². The Morgan fingerprint density at radius 1 is 1.60 bits per heavy atom. The third-order valence-electron chi connectivity index (χ3n) is 3.07. The second kappa shape index (κ2) is 6.08. The number of aliphatic hydroxyl groups is 1. The van der Waals surface area contributed by atoms with Crippen molar-refractivity contribution in [2.45, 2.75) is 51.1 Å². The fraction of sp³-hybridized carbons (Fsp3) is 0.909. The summed E-state index contributed by atoms with van der Waals surface area (Å²) >= 11 is 0. The number of aliphatic hydroxyl groups excluding tert-OH is 1. The zero-order chi connectivity index (χ0) is 11.3. The molecule has 3 atom stereocenters. The van der Waals surface area contributed by atoms with Crippen LogP contribution in [0.2, 0.25) is 0 Å². The van der Waals surface area contributed by atoms with E-state index in [0.29, 0.717) is 6.42 Å². The molecule has 1 aliphatic carbocycles. The van der Waals surface area contributed by atoms with E-state index in [-0.39, 0.29) is 30.5 Å². The van der Waals surface area contributed by atoms with Gasteiger partial charge in [0, 0.05) is 31.0 Å². The van der Waals surface area contributed by atoms with E-state index in [1.165, 1.54) is 0 Å². The van der Waals surface area contributed by atoms with Gasteiger partial charge in [-0.05, 0) is 26.2 Å². The summed E-state index contributed by atoms with van der Waals surface area (Å²) < 4.78 is 0. The van der Waals surface area contributed by atoms with Gasteiger partial charge in [-0.1, -0.05) is 6.42 Å². The lowest BCUT2D eigenvalue weighted by molar-refractivity contribution is -0.122. The van der Waals surface area contributed by atoms with Crippen LogP contribution >= 0.6 is 0 Å². The molecule has 0 aromatic carbocycles. The maximum Gasteiger partial charge on any atom is 0.220 e. The Balaban J connectivity index is 2.24. The van der Waals surface area contributed by atoms with Crippen molar-refractivity contribution in [3.8, 4) is 0 Å².